The molecular weight excluding hydrogens is 526 g/mol. The van der Waals surface area contributed by atoms with Gasteiger partial charge in [0.1, 0.15) is 18.2 Å². The number of ether oxygens (including phenoxy) is 1. The molecule has 1 saturated carbocycles. The van der Waals surface area contributed by atoms with Gasteiger partial charge in [-0.2, -0.15) is 4.98 Å². The number of allylic oxidation sites excluding steroid dienone is 3. The van der Waals surface area contributed by atoms with Gasteiger partial charge in [0.15, 0.2) is 5.79 Å². The number of hydrogen-bond acceptors (Lipinski definition) is 10. The Morgan fingerprint density at radius 1 is 1.25 bits per heavy atom. The largest absolute Gasteiger partial charge is 0.492 e. The number of aryl methyl sites for hydroxylation is 1. The average molecular weight is 570 g/mol. The number of thiazole rings is 1. The Hall–Kier alpha value is -3.05. The number of aliphatic hydroxyl groups excluding tert-OH is 1. The second kappa shape index (κ2) is 14.5. The summed E-state index contributed by atoms with van der Waals surface area (Å²) >= 11 is 1.67. The number of nitrogens with zero attached hydrogens (tertiary/aromatic N) is 3. The number of aliphatic hydroxyl groups is 3. The highest BCUT2D eigenvalue weighted by Gasteiger charge is 2.26. The lowest BCUT2D eigenvalue weighted by atomic mass is 10.1. The molecule has 0 aromatic carbocycles. The summed E-state index contributed by atoms with van der Waals surface area (Å²) in [5.41, 5.74) is 2.86. The van der Waals surface area contributed by atoms with Crippen LogP contribution in [-0.4, -0.2) is 61.4 Å². The first kappa shape index (κ1) is 31.5. The summed E-state index contributed by atoms with van der Waals surface area (Å²) in [6.07, 6.45) is 15.5. The molecule has 2 aromatic rings. The molecule has 3 atom stereocenters. The molecule has 0 saturated heterocycles. The van der Waals surface area contributed by atoms with Gasteiger partial charge in [0.05, 0.1) is 21.6 Å². The lowest BCUT2D eigenvalue weighted by Crippen LogP contribution is -2.24. The molecule has 3 unspecified atom stereocenters. The van der Waals surface area contributed by atoms with Crippen molar-refractivity contribution in [2.45, 2.75) is 78.2 Å². The van der Waals surface area contributed by atoms with Gasteiger partial charge in [-0.1, -0.05) is 18.7 Å². The van der Waals surface area contributed by atoms with Crippen LogP contribution >= 0.6 is 11.3 Å². The maximum Gasteiger partial charge on any atom is 0.225 e. The summed E-state index contributed by atoms with van der Waals surface area (Å²) in [5.74, 6) is 1.11. The van der Waals surface area contributed by atoms with Gasteiger partial charge in [-0.25, -0.2) is 9.97 Å². The van der Waals surface area contributed by atoms with E-state index in [1.54, 1.807) is 17.4 Å². The zero-order valence-corrected chi connectivity index (χ0v) is 25.0. The Balaban J connectivity index is 0.000000810. The van der Waals surface area contributed by atoms with Crippen LogP contribution in [0.5, 0.6) is 0 Å². The van der Waals surface area contributed by atoms with Crippen LogP contribution in [0.3, 0.4) is 0 Å². The van der Waals surface area contributed by atoms with Crippen molar-refractivity contribution in [2.24, 2.45) is 5.92 Å². The van der Waals surface area contributed by atoms with E-state index in [1.165, 1.54) is 13.8 Å². The van der Waals surface area contributed by atoms with Crippen molar-refractivity contribution < 1.29 is 20.1 Å². The van der Waals surface area contributed by atoms with Crippen LogP contribution in [-0.2, 0) is 11.2 Å². The summed E-state index contributed by atoms with van der Waals surface area (Å²) < 4.78 is 5.75. The number of anilines is 2. The highest BCUT2D eigenvalue weighted by molar-refractivity contribution is 7.12. The van der Waals surface area contributed by atoms with Crippen LogP contribution in [0.1, 0.15) is 73.8 Å². The molecule has 2 aromatic heterocycles. The van der Waals surface area contributed by atoms with Gasteiger partial charge in [0.25, 0.3) is 0 Å². The summed E-state index contributed by atoms with van der Waals surface area (Å²) in [4.78, 5) is 15.6. The summed E-state index contributed by atoms with van der Waals surface area (Å²) in [7, 11) is 0. The Labute approximate surface area is 241 Å². The first-order valence-corrected chi connectivity index (χ1v) is 14.5. The molecule has 9 nitrogen and oxygen atoms in total. The minimum atomic E-state index is -1.50. The number of aromatic nitrogens is 3. The normalized spacial score (nSPS) is 19.4. The molecule has 2 aliphatic rings. The maximum atomic E-state index is 9.60. The van der Waals surface area contributed by atoms with Crippen LogP contribution < -0.4 is 10.6 Å². The van der Waals surface area contributed by atoms with Crippen molar-refractivity contribution in [3.8, 4) is 0 Å². The van der Waals surface area contributed by atoms with Crippen molar-refractivity contribution in [1.29, 1.82) is 0 Å². The molecule has 1 aliphatic carbocycles. The number of hydrogen-bond donors (Lipinski definition) is 5. The fourth-order valence-electron chi connectivity index (χ4n) is 4.54. The predicted molar refractivity (Wildman–Crippen MR) is 163 cm³/mol. The van der Waals surface area contributed by atoms with E-state index in [2.05, 4.69) is 23.3 Å². The van der Waals surface area contributed by atoms with Gasteiger partial charge >= 0.3 is 0 Å². The van der Waals surface area contributed by atoms with Crippen molar-refractivity contribution >= 4 is 35.3 Å². The maximum absolute atomic E-state index is 9.60. The van der Waals surface area contributed by atoms with Gasteiger partial charge in [-0.05, 0) is 84.1 Å². The van der Waals surface area contributed by atoms with Gasteiger partial charge in [0, 0.05) is 30.3 Å². The number of nitrogens with one attached hydrogen (secondary N) is 2. The molecule has 4 rings (SSSR count). The third-order valence-electron chi connectivity index (χ3n) is 6.43. The molecule has 1 aliphatic heterocycles. The molecule has 0 spiro atoms. The highest BCUT2D eigenvalue weighted by Crippen LogP contribution is 2.32. The van der Waals surface area contributed by atoms with Crippen LogP contribution in [0.2, 0.25) is 0 Å². The SMILES string of the molecule is C=Cc1nc(Cc2c(C)nc(NC(C)C3=CC=CCO3)nc2NC2CCC(CO)C2)sc1/C=C\C.CC(C)(O)O. The molecule has 10 heteroatoms. The molecule has 0 bridgehead atoms. The molecular formula is C30H43N5O4S. The van der Waals surface area contributed by atoms with Gasteiger partial charge < -0.3 is 30.7 Å². The Morgan fingerprint density at radius 2 is 2.00 bits per heavy atom. The minimum absolute atomic E-state index is 0.0548. The molecule has 0 radical (unpaired) electrons. The van der Waals surface area contributed by atoms with E-state index in [1.807, 2.05) is 45.1 Å². The average Bonchev–Trinajstić information content (AvgIpc) is 3.52. The van der Waals surface area contributed by atoms with Crippen LogP contribution in [0.4, 0.5) is 11.8 Å². The van der Waals surface area contributed by atoms with E-state index in [0.717, 1.165) is 57.7 Å². The van der Waals surface area contributed by atoms with Crippen LogP contribution in [0, 0.1) is 12.8 Å². The van der Waals surface area contributed by atoms with E-state index >= 15 is 0 Å². The predicted octanol–water partition coefficient (Wildman–Crippen LogP) is 5.06. The summed E-state index contributed by atoms with van der Waals surface area (Å²) in [6, 6.07) is 0.222. The third-order valence-corrected chi connectivity index (χ3v) is 7.47. The second-order valence-corrected chi connectivity index (χ2v) is 11.7. The fourth-order valence-corrected chi connectivity index (χ4v) is 5.59. The van der Waals surface area contributed by atoms with Crippen LogP contribution in [0.25, 0.3) is 12.2 Å². The van der Waals surface area contributed by atoms with Crippen molar-refractivity contribution in [3.63, 3.8) is 0 Å². The summed E-state index contributed by atoms with van der Waals surface area (Å²) in [6.45, 7) is 13.4. The van der Waals surface area contributed by atoms with E-state index < -0.39 is 5.79 Å². The second-order valence-electron chi connectivity index (χ2n) is 10.6. The van der Waals surface area contributed by atoms with Gasteiger partial charge in [-0.3, -0.25) is 0 Å². The summed E-state index contributed by atoms with van der Waals surface area (Å²) in [5, 5.41) is 33.8. The minimum Gasteiger partial charge on any atom is -0.492 e. The number of rotatable bonds is 10. The van der Waals surface area contributed by atoms with Gasteiger partial charge in [0.2, 0.25) is 5.95 Å². The van der Waals surface area contributed by atoms with E-state index in [0.29, 0.717) is 24.9 Å². The van der Waals surface area contributed by atoms with Crippen molar-refractivity contribution in [3.05, 3.63) is 63.5 Å². The molecule has 40 heavy (non-hydrogen) atoms. The highest BCUT2D eigenvalue weighted by atomic mass is 32.1. The van der Waals surface area contributed by atoms with E-state index in [4.69, 9.17) is 29.9 Å². The first-order valence-electron chi connectivity index (χ1n) is 13.7. The lowest BCUT2D eigenvalue weighted by molar-refractivity contribution is -0.127. The fraction of sp³-hybridized carbons (Fsp3) is 0.500. The van der Waals surface area contributed by atoms with Gasteiger partial charge in [-0.15, -0.1) is 11.3 Å². The van der Waals surface area contributed by atoms with Crippen LogP contribution in [0.15, 0.2) is 36.6 Å². The quantitative estimate of drug-likeness (QED) is 0.249. The molecule has 5 N–H and O–H groups in total. The van der Waals surface area contributed by atoms with Crippen molar-refractivity contribution in [2.75, 3.05) is 23.8 Å². The Bertz CT molecular complexity index is 1230. The zero-order chi connectivity index (χ0) is 29.3. The van der Waals surface area contributed by atoms with Crippen molar-refractivity contribution in [1.82, 2.24) is 15.0 Å². The Kier molecular flexibility index (Phi) is 11.4. The standard InChI is InChI=1S/C27H35N5O2S.C3H8O2/c1-5-9-24-22(6-2)31-25(35-24)15-21-17(3)28-27(29-18(4)23-10-7-8-13-34-23)32-26(21)30-20-12-11-19(14-20)16-33;1-3(2,4)5/h5-10,18-20,33H,2,11-16H2,1,3-4H3,(H2,28,29,30,32);4-5H,1-2H3/b9-5-;. The lowest BCUT2D eigenvalue weighted by Gasteiger charge is -2.22. The van der Waals surface area contributed by atoms with E-state index in [9.17, 15) is 5.11 Å². The third kappa shape index (κ3) is 9.55. The Morgan fingerprint density at radius 3 is 2.60 bits per heavy atom. The monoisotopic (exact) mass is 569 g/mol. The zero-order valence-electron chi connectivity index (χ0n) is 24.1. The molecule has 3 heterocycles. The molecule has 218 valence electrons. The molecule has 1 fully saturated rings. The molecule has 0 amide bonds. The van der Waals surface area contributed by atoms with E-state index in [-0.39, 0.29) is 18.7 Å². The smallest absolute Gasteiger partial charge is 0.225 e. The first-order chi connectivity index (χ1) is 19.0. The topological polar surface area (TPSA) is 133 Å².